The van der Waals surface area contributed by atoms with Gasteiger partial charge in [0.15, 0.2) is 5.65 Å². The Morgan fingerprint density at radius 3 is 2.43 bits per heavy atom. The SMILES string of the molecule is CC(C)(C)OC(=O)N1CC(N2CC[C@@H](Cn3nc(-c4ccc(Oc5ccccc5)cc4)c4c(N)ncnc43)[C@H](F)C2)C1. The van der Waals surface area contributed by atoms with Crippen molar-refractivity contribution >= 4 is 22.9 Å². The van der Waals surface area contributed by atoms with E-state index in [1.165, 1.54) is 6.33 Å². The van der Waals surface area contributed by atoms with Crippen LogP contribution in [0.3, 0.4) is 0 Å². The molecule has 2 fully saturated rings. The number of aromatic nitrogens is 4. The Hall–Kier alpha value is -4.25. The molecule has 2 aromatic heterocycles. The van der Waals surface area contributed by atoms with Crippen molar-refractivity contribution < 1.29 is 18.7 Å². The molecule has 10 nitrogen and oxygen atoms in total. The van der Waals surface area contributed by atoms with E-state index in [9.17, 15) is 4.79 Å². The van der Waals surface area contributed by atoms with Crippen LogP contribution in [0.4, 0.5) is 15.0 Å². The van der Waals surface area contributed by atoms with E-state index in [0.29, 0.717) is 60.9 Å². The molecular formula is C31H36FN7O3. The van der Waals surface area contributed by atoms with Crippen molar-refractivity contribution in [2.24, 2.45) is 5.92 Å². The summed E-state index contributed by atoms with van der Waals surface area (Å²) >= 11 is 0. The number of benzene rings is 2. The molecule has 2 aliphatic heterocycles. The van der Waals surface area contributed by atoms with Crippen LogP contribution in [0.5, 0.6) is 11.5 Å². The highest BCUT2D eigenvalue weighted by molar-refractivity contribution is 5.98. The molecule has 2 aromatic carbocycles. The van der Waals surface area contributed by atoms with E-state index in [2.05, 4.69) is 14.9 Å². The highest BCUT2D eigenvalue weighted by Gasteiger charge is 2.41. The molecule has 42 heavy (non-hydrogen) atoms. The summed E-state index contributed by atoms with van der Waals surface area (Å²) in [4.78, 5) is 24.8. The van der Waals surface area contributed by atoms with Crippen LogP contribution < -0.4 is 10.5 Å². The van der Waals surface area contributed by atoms with E-state index < -0.39 is 11.8 Å². The quantitative estimate of drug-likeness (QED) is 0.337. The third kappa shape index (κ3) is 5.87. The first-order chi connectivity index (χ1) is 20.1. The van der Waals surface area contributed by atoms with Gasteiger partial charge in [-0.25, -0.2) is 23.8 Å². The van der Waals surface area contributed by atoms with E-state index in [4.69, 9.17) is 20.3 Å². The van der Waals surface area contributed by atoms with Gasteiger partial charge in [-0.2, -0.15) is 5.10 Å². The lowest BCUT2D eigenvalue weighted by atomic mass is 9.92. The first-order valence-electron chi connectivity index (χ1n) is 14.3. The first kappa shape index (κ1) is 27.9. The van der Waals surface area contributed by atoms with Crippen LogP contribution in [0.15, 0.2) is 60.9 Å². The molecule has 2 saturated heterocycles. The van der Waals surface area contributed by atoms with Crippen LogP contribution in [0.2, 0.25) is 0 Å². The van der Waals surface area contributed by atoms with Gasteiger partial charge >= 0.3 is 6.09 Å². The van der Waals surface area contributed by atoms with Crippen LogP contribution >= 0.6 is 0 Å². The van der Waals surface area contributed by atoms with Crippen LogP contribution in [-0.4, -0.2) is 79.6 Å². The van der Waals surface area contributed by atoms with Crippen molar-refractivity contribution in [3.63, 3.8) is 0 Å². The lowest BCUT2D eigenvalue weighted by Gasteiger charge is -2.48. The number of ether oxygens (including phenoxy) is 2. The number of nitrogen functional groups attached to an aromatic ring is 1. The second-order valence-electron chi connectivity index (χ2n) is 12.0. The lowest BCUT2D eigenvalue weighted by Crippen LogP contribution is -2.64. The van der Waals surface area contributed by atoms with E-state index in [0.717, 1.165) is 17.9 Å². The van der Waals surface area contributed by atoms with Gasteiger partial charge in [-0.1, -0.05) is 18.2 Å². The standard InChI is InChI=1S/C31H36FN7O3/c1-31(2,3)42-30(40)38-16-22(17-38)37-14-13-21(25(32)18-37)15-39-29-26(28(33)34-19-35-29)27(36-39)20-9-11-24(12-10-20)41-23-7-5-4-6-8-23/h4-12,19,21-22,25H,13-18H2,1-3H3,(H2,33,34,35)/t21-,25+/m0/s1. The normalized spacial score (nSPS) is 20.0. The first-order valence-corrected chi connectivity index (χ1v) is 14.3. The molecule has 4 aromatic rings. The molecule has 220 valence electrons. The summed E-state index contributed by atoms with van der Waals surface area (Å²) in [6.45, 7) is 8.13. The molecule has 2 N–H and O–H groups in total. The number of halogens is 1. The summed E-state index contributed by atoms with van der Waals surface area (Å²) in [5.74, 6) is 1.56. The molecular weight excluding hydrogens is 537 g/mol. The predicted octanol–water partition coefficient (Wildman–Crippen LogP) is 5.15. The number of carbonyl (C=O) groups is 1. The molecule has 0 saturated carbocycles. The Bertz CT molecular complexity index is 1550. The summed E-state index contributed by atoms with van der Waals surface area (Å²) in [6, 6.07) is 17.3. The van der Waals surface area contributed by atoms with Crippen molar-refractivity contribution in [3.05, 3.63) is 60.9 Å². The fraction of sp³-hybridized carbons (Fsp3) is 0.419. The summed E-state index contributed by atoms with van der Waals surface area (Å²) in [6.07, 6.45) is 0.739. The third-order valence-corrected chi connectivity index (χ3v) is 7.81. The smallest absolute Gasteiger partial charge is 0.410 e. The number of para-hydroxylation sites is 1. The van der Waals surface area contributed by atoms with Crippen LogP contribution in [0, 0.1) is 5.92 Å². The predicted molar refractivity (Wildman–Crippen MR) is 158 cm³/mol. The van der Waals surface area contributed by atoms with Gasteiger partial charge in [0.1, 0.15) is 41.1 Å². The number of hydrogen-bond donors (Lipinski definition) is 1. The van der Waals surface area contributed by atoms with E-state index >= 15 is 4.39 Å². The number of amides is 1. The summed E-state index contributed by atoms with van der Waals surface area (Å²) in [5, 5.41) is 5.51. The Balaban J connectivity index is 1.13. The fourth-order valence-corrected chi connectivity index (χ4v) is 5.56. The number of alkyl halides is 1. The fourth-order valence-electron chi connectivity index (χ4n) is 5.56. The molecule has 11 heteroatoms. The third-order valence-electron chi connectivity index (χ3n) is 7.81. The average Bonchev–Trinajstić information content (AvgIpc) is 3.29. The Morgan fingerprint density at radius 2 is 1.74 bits per heavy atom. The zero-order chi connectivity index (χ0) is 29.4. The topological polar surface area (TPSA) is 112 Å². The van der Waals surface area contributed by atoms with Gasteiger partial charge in [0.25, 0.3) is 0 Å². The van der Waals surface area contributed by atoms with Gasteiger partial charge in [0, 0.05) is 43.7 Å². The van der Waals surface area contributed by atoms with Gasteiger partial charge in [0.2, 0.25) is 0 Å². The molecule has 2 aliphatic rings. The van der Waals surface area contributed by atoms with Gasteiger partial charge in [0.05, 0.1) is 5.39 Å². The highest BCUT2D eigenvalue weighted by atomic mass is 19.1. The summed E-state index contributed by atoms with van der Waals surface area (Å²) in [7, 11) is 0. The number of anilines is 1. The molecule has 6 rings (SSSR count). The minimum atomic E-state index is -1.04. The number of likely N-dealkylation sites (tertiary alicyclic amines) is 2. The summed E-state index contributed by atoms with van der Waals surface area (Å²) < 4.78 is 28.7. The number of rotatable bonds is 6. The minimum Gasteiger partial charge on any atom is -0.457 e. The lowest BCUT2D eigenvalue weighted by molar-refractivity contribution is -0.0344. The van der Waals surface area contributed by atoms with Gasteiger partial charge in [-0.05, 0) is 70.1 Å². The van der Waals surface area contributed by atoms with E-state index in [1.807, 2.05) is 75.4 Å². The van der Waals surface area contributed by atoms with Gasteiger partial charge in [-0.15, -0.1) is 0 Å². The number of nitrogens with zero attached hydrogens (tertiary/aromatic N) is 6. The number of carbonyl (C=O) groups excluding carboxylic acids is 1. The molecule has 0 bridgehead atoms. The van der Waals surface area contributed by atoms with Crippen molar-refractivity contribution in [1.82, 2.24) is 29.5 Å². The Kier molecular flexibility index (Phi) is 7.44. The molecule has 2 atom stereocenters. The number of piperidine rings is 1. The zero-order valence-electron chi connectivity index (χ0n) is 24.1. The Labute approximate surface area is 244 Å². The number of hydrogen-bond acceptors (Lipinski definition) is 8. The highest BCUT2D eigenvalue weighted by Crippen LogP contribution is 2.34. The van der Waals surface area contributed by atoms with E-state index in [1.54, 1.807) is 9.58 Å². The molecule has 0 unspecified atom stereocenters. The second kappa shape index (κ2) is 11.2. The van der Waals surface area contributed by atoms with Crippen molar-refractivity contribution in [1.29, 1.82) is 0 Å². The van der Waals surface area contributed by atoms with E-state index in [-0.39, 0.29) is 18.1 Å². The maximum atomic E-state index is 15.6. The molecule has 1 amide bonds. The molecule has 4 heterocycles. The van der Waals surface area contributed by atoms with Crippen molar-refractivity contribution in [2.45, 2.75) is 51.6 Å². The minimum absolute atomic E-state index is 0.148. The van der Waals surface area contributed by atoms with Crippen molar-refractivity contribution in [3.8, 4) is 22.8 Å². The molecule has 0 radical (unpaired) electrons. The largest absolute Gasteiger partial charge is 0.457 e. The molecule has 0 spiro atoms. The second-order valence-corrected chi connectivity index (χ2v) is 12.0. The van der Waals surface area contributed by atoms with Crippen LogP contribution in [0.25, 0.3) is 22.3 Å². The monoisotopic (exact) mass is 573 g/mol. The average molecular weight is 574 g/mol. The molecule has 0 aliphatic carbocycles. The van der Waals surface area contributed by atoms with Crippen molar-refractivity contribution in [2.75, 3.05) is 31.9 Å². The van der Waals surface area contributed by atoms with Gasteiger partial charge in [-0.3, -0.25) is 4.90 Å². The summed E-state index contributed by atoms with van der Waals surface area (Å²) in [5.41, 5.74) is 7.84. The zero-order valence-corrected chi connectivity index (χ0v) is 24.1. The number of fused-ring (bicyclic) bond motifs is 1. The maximum absolute atomic E-state index is 15.6. The Morgan fingerprint density at radius 1 is 1.02 bits per heavy atom. The number of nitrogens with two attached hydrogens (primary N) is 1. The van der Waals surface area contributed by atoms with Crippen LogP contribution in [0.1, 0.15) is 27.2 Å². The van der Waals surface area contributed by atoms with Gasteiger partial charge < -0.3 is 20.1 Å². The maximum Gasteiger partial charge on any atom is 0.410 e. The van der Waals surface area contributed by atoms with Crippen LogP contribution in [-0.2, 0) is 11.3 Å².